The van der Waals surface area contributed by atoms with Gasteiger partial charge in [-0.3, -0.25) is 4.98 Å². The number of hydrogen-bond acceptors (Lipinski definition) is 2. The van der Waals surface area contributed by atoms with Gasteiger partial charge in [0.05, 0.1) is 5.69 Å². The summed E-state index contributed by atoms with van der Waals surface area (Å²) in [7, 11) is 0. The highest BCUT2D eigenvalue weighted by Gasteiger charge is 1.99. The summed E-state index contributed by atoms with van der Waals surface area (Å²) in [6.07, 6.45) is 5.55. The minimum atomic E-state index is 0.509. The number of aromatic nitrogens is 1. The van der Waals surface area contributed by atoms with Crippen molar-refractivity contribution in [3.63, 3.8) is 0 Å². The third kappa shape index (κ3) is 2.39. The van der Waals surface area contributed by atoms with Crippen molar-refractivity contribution < 1.29 is 0 Å². The third-order valence-corrected chi connectivity index (χ3v) is 2.87. The zero-order chi connectivity index (χ0) is 11.4. The second kappa shape index (κ2) is 5.08. The van der Waals surface area contributed by atoms with Crippen LogP contribution in [0.25, 0.3) is 10.8 Å². The first-order valence-corrected chi connectivity index (χ1v) is 5.91. The monoisotopic (exact) mass is 214 g/mol. The molecule has 0 spiro atoms. The van der Waals surface area contributed by atoms with Crippen molar-refractivity contribution in [2.45, 2.75) is 32.7 Å². The van der Waals surface area contributed by atoms with Gasteiger partial charge in [-0.2, -0.15) is 0 Å². The van der Waals surface area contributed by atoms with E-state index >= 15 is 0 Å². The lowest BCUT2D eigenvalue weighted by molar-refractivity contribution is 0.796. The Morgan fingerprint density at radius 3 is 2.81 bits per heavy atom. The molecule has 2 aromatic rings. The van der Waals surface area contributed by atoms with Crippen LogP contribution in [0.3, 0.4) is 0 Å². The molecule has 16 heavy (non-hydrogen) atoms. The second-order valence-corrected chi connectivity index (χ2v) is 4.16. The van der Waals surface area contributed by atoms with Crippen LogP contribution in [0.1, 0.15) is 31.0 Å². The number of benzene rings is 1. The van der Waals surface area contributed by atoms with Gasteiger partial charge in [-0.05, 0) is 29.9 Å². The van der Waals surface area contributed by atoms with Crippen molar-refractivity contribution in [3.8, 4) is 0 Å². The fourth-order valence-electron chi connectivity index (χ4n) is 1.88. The highest BCUT2D eigenvalue weighted by Crippen LogP contribution is 2.17. The van der Waals surface area contributed by atoms with E-state index in [2.05, 4.69) is 36.2 Å². The molecule has 1 aromatic carbocycles. The van der Waals surface area contributed by atoms with Crippen LogP contribution in [0.5, 0.6) is 0 Å². The highest BCUT2D eigenvalue weighted by atomic mass is 14.7. The summed E-state index contributed by atoms with van der Waals surface area (Å²) in [6.45, 7) is 2.73. The first-order chi connectivity index (χ1) is 7.83. The van der Waals surface area contributed by atoms with Gasteiger partial charge in [-0.1, -0.05) is 31.5 Å². The van der Waals surface area contributed by atoms with E-state index in [0.29, 0.717) is 6.54 Å². The molecule has 0 aliphatic heterocycles. The highest BCUT2D eigenvalue weighted by molar-refractivity contribution is 5.82. The lowest BCUT2D eigenvalue weighted by Gasteiger charge is -2.04. The molecule has 2 nitrogen and oxygen atoms in total. The normalized spacial score (nSPS) is 10.9. The summed E-state index contributed by atoms with van der Waals surface area (Å²) >= 11 is 0. The van der Waals surface area contributed by atoms with Crippen molar-refractivity contribution in [2.75, 3.05) is 0 Å². The molecular weight excluding hydrogens is 196 g/mol. The maximum Gasteiger partial charge on any atom is 0.0545 e. The number of rotatable bonds is 4. The Labute approximate surface area is 96.5 Å². The standard InChI is InChI=1S/C14H18N2/c1-2-3-4-11-5-6-12-10-16-14(9-15)8-13(12)7-11/h5-8,10H,2-4,9,15H2,1H3. The summed E-state index contributed by atoms with van der Waals surface area (Å²) in [4.78, 5) is 4.29. The molecule has 2 heteroatoms. The predicted octanol–water partition coefficient (Wildman–Crippen LogP) is 3.04. The molecule has 0 bridgehead atoms. The quantitative estimate of drug-likeness (QED) is 0.849. The van der Waals surface area contributed by atoms with Crippen molar-refractivity contribution in [2.24, 2.45) is 5.73 Å². The Balaban J connectivity index is 2.35. The van der Waals surface area contributed by atoms with Gasteiger partial charge in [0.25, 0.3) is 0 Å². The maximum absolute atomic E-state index is 5.60. The van der Waals surface area contributed by atoms with Gasteiger partial charge in [-0.15, -0.1) is 0 Å². The van der Waals surface area contributed by atoms with Crippen molar-refractivity contribution in [1.29, 1.82) is 0 Å². The van der Waals surface area contributed by atoms with Gasteiger partial charge >= 0.3 is 0 Å². The maximum atomic E-state index is 5.60. The van der Waals surface area contributed by atoms with Gasteiger partial charge in [0.15, 0.2) is 0 Å². The number of aryl methyl sites for hydroxylation is 1. The van der Waals surface area contributed by atoms with E-state index in [4.69, 9.17) is 5.73 Å². The number of nitrogens with zero attached hydrogens (tertiary/aromatic N) is 1. The Kier molecular flexibility index (Phi) is 3.52. The molecule has 0 amide bonds. The molecule has 0 aliphatic carbocycles. The minimum Gasteiger partial charge on any atom is -0.325 e. The zero-order valence-electron chi connectivity index (χ0n) is 9.74. The average molecular weight is 214 g/mol. The van der Waals surface area contributed by atoms with Crippen LogP contribution in [0.2, 0.25) is 0 Å². The lowest BCUT2D eigenvalue weighted by atomic mass is 10.0. The molecule has 0 unspecified atom stereocenters. The predicted molar refractivity (Wildman–Crippen MR) is 68.2 cm³/mol. The largest absolute Gasteiger partial charge is 0.325 e. The molecule has 1 aromatic heterocycles. The molecule has 0 atom stereocenters. The molecular formula is C14H18N2. The van der Waals surface area contributed by atoms with Crippen LogP contribution in [-0.4, -0.2) is 4.98 Å². The smallest absolute Gasteiger partial charge is 0.0545 e. The molecule has 2 rings (SSSR count). The molecule has 0 fully saturated rings. The molecule has 1 heterocycles. The third-order valence-electron chi connectivity index (χ3n) is 2.87. The average Bonchev–Trinajstić information content (AvgIpc) is 2.35. The van der Waals surface area contributed by atoms with E-state index in [-0.39, 0.29) is 0 Å². The topological polar surface area (TPSA) is 38.9 Å². The van der Waals surface area contributed by atoms with E-state index in [1.807, 2.05) is 6.20 Å². The van der Waals surface area contributed by atoms with Gasteiger partial charge in [0.2, 0.25) is 0 Å². The molecule has 0 aliphatic rings. The van der Waals surface area contributed by atoms with E-state index in [0.717, 1.165) is 12.1 Å². The number of unbranched alkanes of at least 4 members (excludes halogenated alkanes) is 1. The Bertz CT molecular complexity index is 477. The minimum absolute atomic E-state index is 0.509. The number of nitrogens with two attached hydrogens (primary N) is 1. The van der Waals surface area contributed by atoms with Gasteiger partial charge in [0, 0.05) is 18.1 Å². The van der Waals surface area contributed by atoms with Crippen molar-refractivity contribution in [3.05, 3.63) is 41.7 Å². The number of fused-ring (bicyclic) bond motifs is 1. The summed E-state index contributed by atoms with van der Waals surface area (Å²) in [5.74, 6) is 0. The number of pyridine rings is 1. The Morgan fingerprint density at radius 1 is 1.19 bits per heavy atom. The first kappa shape index (κ1) is 11.1. The van der Waals surface area contributed by atoms with Gasteiger partial charge < -0.3 is 5.73 Å². The molecule has 0 saturated carbocycles. The molecule has 0 radical (unpaired) electrons. The van der Waals surface area contributed by atoms with E-state index in [9.17, 15) is 0 Å². The molecule has 2 N–H and O–H groups in total. The summed E-state index contributed by atoms with van der Waals surface area (Å²) in [5, 5.41) is 2.45. The first-order valence-electron chi connectivity index (χ1n) is 5.91. The summed E-state index contributed by atoms with van der Waals surface area (Å²) < 4.78 is 0. The van der Waals surface area contributed by atoms with E-state index in [1.165, 1.54) is 29.2 Å². The van der Waals surface area contributed by atoms with Crippen LogP contribution in [0.15, 0.2) is 30.5 Å². The van der Waals surface area contributed by atoms with Crippen LogP contribution in [0.4, 0.5) is 0 Å². The van der Waals surface area contributed by atoms with Gasteiger partial charge in [0.1, 0.15) is 0 Å². The fourth-order valence-corrected chi connectivity index (χ4v) is 1.88. The lowest BCUT2D eigenvalue weighted by Crippen LogP contribution is -1.98. The SMILES string of the molecule is CCCCc1ccc2cnc(CN)cc2c1. The van der Waals surface area contributed by atoms with Crippen molar-refractivity contribution >= 4 is 10.8 Å². The molecule has 84 valence electrons. The van der Waals surface area contributed by atoms with Crippen LogP contribution in [0, 0.1) is 0 Å². The Hall–Kier alpha value is -1.41. The van der Waals surface area contributed by atoms with Gasteiger partial charge in [-0.25, -0.2) is 0 Å². The summed E-state index contributed by atoms with van der Waals surface area (Å²) in [6, 6.07) is 8.69. The van der Waals surface area contributed by atoms with Crippen LogP contribution >= 0.6 is 0 Å². The van der Waals surface area contributed by atoms with Crippen LogP contribution < -0.4 is 5.73 Å². The van der Waals surface area contributed by atoms with E-state index in [1.54, 1.807) is 0 Å². The number of hydrogen-bond donors (Lipinski definition) is 1. The zero-order valence-corrected chi connectivity index (χ0v) is 9.74. The fraction of sp³-hybridized carbons (Fsp3) is 0.357. The van der Waals surface area contributed by atoms with Crippen LogP contribution in [-0.2, 0) is 13.0 Å². The van der Waals surface area contributed by atoms with E-state index < -0.39 is 0 Å². The molecule has 0 saturated heterocycles. The second-order valence-electron chi connectivity index (χ2n) is 4.16. The summed E-state index contributed by atoms with van der Waals surface area (Å²) in [5.41, 5.74) is 7.96. The Morgan fingerprint density at radius 2 is 2.06 bits per heavy atom. The van der Waals surface area contributed by atoms with Crippen molar-refractivity contribution in [1.82, 2.24) is 4.98 Å².